The number of halogens is 4. The summed E-state index contributed by atoms with van der Waals surface area (Å²) in [6.07, 6.45) is -18.7. The molecule has 7 aromatic carbocycles. The topological polar surface area (TPSA) is 560 Å². The average molecular weight is 1820 g/mol. The number of fused-ring (bicyclic) bond motifs is 15. The van der Waals surface area contributed by atoms with Crippen LogP contribution in [0.5, 0.6) is 51.7 Å². The maximum absolute atomic E-state index is 16.4. The summed E-state index contributed by atoms with van der Waals surface area (Å²) in [6.45, 7) is 6.77. The van der Waals surface area contributed by atoms with Gasteiger partial charge in [-0.3, -0.25) is 43.8 Å². The number of morpholine rings is 1. The van der Waals surface area contributed by atoms with Gasteiger partial charge in [-0.1, -0.05) is 96.6 Å². The fourth-order valence-electron chi connectivity index (χ4n) is 15.6. The third-order valence-electron chi connectivity index (χ3n) is 22.4. The number of carbonyl (C=O) groups is 8. The van der Waals surface area contributed by atoms with Crippen molar-refractivity contribution in [1.82, 2.24) is 52.8 Å². The highest BCUT2D eigenvalue weighted by molar-refractivity contribution is 6.42. The number of primary amides is 1. The van der Waals surface area contributed by atoms with Crippen LogP contribution in [-0.2, 0) is 70.5 Å². The molecule has 7 aromatic rings. The molecule has 8 aliphatic rings. The van der Waals surface area contributed by atoms with E-state index in [0.717, 1.165) is 65.7 Å². The average Bonchev–Trinajstić information content (AvgIpc) is 0.762. The zero-order valence-corrected chi connectivity index (χ0v) is 71.3. The molecule has 8 heterocycles. The van der Waals surface area contributed by atoms with Gasteiger partial charge in [0.25, 0.3) is 0 Å². The summed E-state index contributed by atoms with van der Waals surface area (Å²) in [4.78, 5) is 123. The van der Waals surface area contributed by atoms with Crippen LogP contribution in [-0.4, -0.2) is 218 Å². The lowest BCUT2D eigenvalue weighted by Crippen LogP contribution is -2.66. The molecule has 0 saturated carbocycles. The van der Waals surface area contributed by atoms with Crippen LogP contribution in [0.25, 0.3) is 11.1 Å². The fourth-order valence-corrected chi connectivity index (χ4v) is 16.4. The molecule has 8 aliphatic heterocycles. The van der Waals surface area contributed by atoms with Crippen molar-refractivity contribution in [3.05, 3.63) is 180 Å². The Morgan fingerprint density at radius 1 is 0.667 bits per heavy atom. The van der Waals surface area contributed by atoms with Crippen molar-refractivity contribution in [2.75, 3.05) is 39.9 Å². The van der Waals surface area contributed by atoms with Crippen LogP contribution >= 0.6 is 46.4 Å². The number of aliphatic hydroxyl groups excluding tert-OH is 5. The number of carbonyl (C=O) groups excluding carboxylic acids is 8. The van der Waals surface area contributed by atoms with Crippen LogP contribution in [0.1, 0.15) is 116 Å². The molecule has 3 saturated heterocycles. The summed E-state index contributed by atoms with van der Waals surface area (Å²) in [6, 6.07) is 12.7. The Labute approximate surface area is 740 Å². The second-order valence-electron chi connectivity index (χ2n) is 31.9. The molecule has 0 aromatic heterocycles. The summed E-state index contributed by atoms with van der Waals surface area (Å²) in [5.41, 5.74) is 9.57. The molecule has 15 rings (SSSR count). The third kappa shape index (κ3) is 20.9. The molecule has 672 valence electrons. The fraction of sp³-hybridized carbons (Fsp3) is 0.400. The Bertz CT molecular complexity index is 5310. The van der Waals surface area contributed by atoms with Gasteiger partial charge in [0.15, 0.2) is 29.9 Å². The van der Waals surface area contributed by atoms with Crippen LogP contribution in [0.4, 0.5) is 0 Å². The smallest absolute Gasteiger partial charge is 0.249 e. The molecule has 8 amide bonds. The summed E-state index contributed by atoms with van der Waals surface area (Å²) in [5.74, 6) is -14.6. The molecule has 41 heteroatoms. The van der Waals surface area contributed by atoms with Crippen LogP contribution in [0, 0.1) is 11.3 Å². The highest BCUT2D eigenvalue weighted by Gasteiger charge is 2.53. The van der Waals surface area contributed by atoms with Gasteiger partial charge in [0.2, 0.25) is 59.3 Å². The van der Waals surface area contributed by atoms with Gasteiger partial charge in [-0.15, -0.1) is 0 Å². The number of rotatable bonds is 20. The molecule has 126 heavy (non-hydrogen) atoms. The first-order chi connectivity index (χ1) is 59.9. The van der Waals surface area contributed by atoms with Crippen molar-refractivity contribution in [3.8, 4) is 62.9 Å². The van der Waals surface area contributed by atoms with E-state index >= 15 is 28.8 Å². The number of nitrogens with one attached hydrogen (secondary N) is 10. The lowest BCUT2D eigenvalue weighted by atomic mass is 9.84. The number of amides is 8. The zero-order valence-electron chi connectivity index (χ0n) is 68.2. The maximum Gasteiger partial charge on any atom is 0.249 e. The number of guanidine groups is 1. The van der Waals surface area contributed by atoms with Crippen molar-refractivity contribution in [2.45, 2.75) is 169 Å². The minimum absolute atomic E-state index is 0.0303. The van der Waals surface area contributed by atoms with E-state index in [1.165, 1.54) is 36.2 Å². The van der Waals surface area contributed by atoms with Crippen LogP contribution in [0.2, 0.25) is 20.1 Å². The predicted octanol–water partition coefficient (Wildman–Crippen LogP) is 4.09. The Kier molecular flexibility index (Phi) is 29.0. The van der Waals surface area contributed by atoms with Crippen molar-refractivity contribution < 1.29 is 117 Å². The number of phenolic OH excluding ortho intramolecular Hbond substituents is 3. The lowest BCUT2D eigenvalue weighted by Gasteiger charge is -2.48. The van der Waals surface area contributed by atoms with E-state index in [1.807, 2.05) is 26.0 Å². The Balaban J connectivity index is 0.977. The second-order valence-corrected chi connectivity index (χ2v) is 33.5. The number of ether oxygens (including phenoxy) is 8. The van der Waals surface area contributed by atoms with Crippen molar-refractivity contribution in [3.63, 3.8) is 0 Å². The van der Waals surface area contributed by atoms with E-state index < -0.39 is 226 Å². The van der Waals surface area contributed by atoms with Gasteiger partial charge in [-0.25, -0.2) is 0 Å². The molecule has 0 radical (unpaired) electrons. The largest absolute Gasteiger partial charge is 0.508 e. The number of hydrogen-bond donors (Lipinski definition) is 20. The minimum atomic E-state index is -2.37. The maximum atomic E-state index is 16.4. The number of phenols is 3. The quantitative estimate of drug-likeness (QED) is 0.0377. The van der Waals surface area contributed by atoms with E-state index in [2.05, 4.69) is 47.9 Å². The number of nitrogens with zero attached hydrogens (tertiary/aromatic N) is 1. The zero-order chi connectivity index (χ0) is 90.6. The summed E-state index contributed by atoms with van der Waals surface area (Å²) in [7, 11) is 1.48. The first-order valence-electron chi connectivity index (χ1n) is 40.1. The molecule has 3 fully saturated rings. The highest BCUT2D eigenvalue weighted by Crippen LogP contribution is 2.50. The first-order valence-corrected chi connectivity index (χ1v) is 41.6. The van der Waals surface area contributed by atoms with Crippen LogP contribution < -0.4 is 78.3 Å². The van der Waals surface area contributed by atoms with Gasteiger partial charge in [0.1, 0.15) is 108 Å². The molecular weight excluding hydrogens is 1730 g/mol. The molecule has 22 N–H and O–H groups in total. The van der Waals surface area contributed by atoms with Crippen molar-refractivity contribution in [1.29, 1.82) is 5.41 Å². The van der Waals surface area contributed by atoms with Crippen molar-refractivity contribution >= 4 is 99.6 Å². The first kappa shape index (κ1) is 92.6. The number of likely N-dealkylation sites (N-methyl/N-ethyl adjacent to an activating group) is 1. The molecule has 0 aliphatic carbocycles. The number of hydrogen-bond acceptors (Lipinski definition) is 27. The van der Waals surface area contributed by atoms with Crippen LogP contribution in [0.3, 0.4) is 0 Å². The molecule has 0 spiro atoms. The number of aliphatic hydroxyl groups is 5. The van der Waals surface area contributed by atoms with E-state index in [9.17, 15) is 50.4 Å². The second kappa shape index (κ2) is 39.4. The molecule has 18 atom stereocenters. The summed E-state index contributed by atoms with van der Waals surface area (Å²) < 4.78 is 51.8. The van der Waals surface area contributed by atoms with E-state index in [1.54, 1.807) is 44.2 Å². The van der Waals surface area contributed by atoms with Gasteiger partial charge in [0.05, 0.1) is 58.0 Å². The number of aromatic hydroxyl groups is 3. The van der Waals surface area contributed by atoms with Crippen molar-refractivity contribution in [2.24, 2.45) is 17.4 Å². The number of nitrogens with two attached hydrogens (primary N) is 2. The van der Waals surface area contributed by atoms with Gasteiger partial charge >= 0.3 is 0 Å². The molecule has 37 nitrogen and oxygen atoms in total. The molecular formula is C85H95Cl4N13O24. The summed E-state index contributed by atoms with van der Waals surface area (Å²) in [5, 5.41) is 129. The minimum Gasteiger partial charge on any atom is -0.508 e. The normalized spacial score (nSPS) is 26.6. The van der Waals surface area contributed by atoms with E-state index in [-0.39, 0.29) is 103 Å². The standard InChI is InChI=1S/C85H95Cl4N13O24/c1-36(2)22-52(93-5)76(112)100-67-69(107)41-10-16-56(50(88)25-41)122-58-27-43-28-59(73(58)126-83-74(72(110)71(109)60(124-83)34-94-84(91)92)125-62-32-85(4,75(111)37(3)121-62)95-33-38-6-12-45(13-7-38)120-35-39-8-14-48(86)49(87)23-39)123-57-17-11-42(26-51(57)89)70(108)68-81(117)99-66(82(118)102-18-20-119-21-19-102)47-29-44(103)30-55(105)63(47)46-24-40(9-15-54(46)104)64(78(114)101-68)98-79(115)65(43)97-77(113)53(31-61(90)106)96-80(67)116/h6-17,23-30,36-37,52-53,60,62,64-72,74-75,83,93,95,103-105,107-111H,18-22,31-35H2,1-5H3,(H2,90,106)(H,96,116)(H,97,113)(H,98,115)(H,99,117)(H,100,112)(H,101,114)(H4,91,92,94)/t37?,52-,53+,60?,62?,64-,65-,66-,67-,68+,69-,70-,71?,72?,74?,75?,83?,85?/m1/s1. The Hall–Kier alpha value is -11.1. The molecule has 9 unspecified atom stereocenters. The number of benzene rings is 7. The van der Waals surface area contributed by atoms with Crippen LogP contribution in [0.15, 0.2) is 121 Å². The Morgan fingerprint density at radius 3 is 1.94 bits per heavy atom. The Morgan fingerprint density at radius 2 is 1.30 bits per heavy atom. The lowest BCUT2D eigenvalue weighted by molar-refractivity contribution is -0.331. The SMILES string of the molecule is CN[C@H](CC(C)C)C(=O)N[C@H]1C(=O)N[C@@H](CC(N)=O)C(=O)N[C@H]2C(=O)N[C@H]3C(=O)N[C@H](C(=O)N[C@@H](C(=O)N4CCOCC4)c4cc(O)cc(O)c4-c4cc3ccc4O)[C@H](O)c3ccc(c(Cl)c3)Oc3cc2cc(c3OC2OC(CNC(=N)N)C(O)C(O)C2OC2CC(C)(NCc3ccc(OCc4ccc(Cl)c(Cl)c4)cc3)C(O)C(C)O2)Oc2ccc(cc2Cl)[C@H]1O. The van der Waals surface area contributed by atoms with Gasteiger partial charge < -0.3 is 143 Å². The monoisotopic (exact) mass is 1820 g/mol. The van der Waals surface area contributed by atoms with Gasteiger partial charge in [-0.05, 0) is 151 Å². The predicted molar refractivity (Wildman–Crippen MR) is 452 cm³/mol. The molecule has 11 bridgehead atoms. The highest BCUT2D eigenvalue weighted by atomic mass is 35.5. The summed E-state index contributed by atoms with van der Waals surface area (Å²) >= 11 is 26.9. The van der Waals surface area contributed by atoms with E-state index in [4.69, 9.17) is 101 Å². The van der Waals surface area contributed by atoms with Gasteiger partial charge in [0, 0.05) is 55.3 Å². The van der Waals surface area contributed by atoms with Gasteiger partial charge in [-0.2, -0.15) is 0 Å². The van der Waals surface area contributed by atoms with E-state index in [0.29, 0.717) is 15.8 Å². The third-order valence-corrected chi connectivity index (χ3v) is 23.7.